The lowest BCUT2D eigenvalue weighted by atomic mass is 10.1. The Morgan fingerprint density at radius 2 is 1.44 bits per heavy atom. The second kappa shape index (κ2) is 14.8. The SMILES string of the molecule is CC(C)OCCOCC(=O)NCCC(=O)NCCOCC(=O)C(C)C. The third kappa shape index (κ3) is 15.7. The van der Waals surface area contributed by atoms with Crippen LogP contribution in [0.3, 0.4) is 0 Å². The molecule has 0 aromatic heterocycles. The lowest BCUT2D eigenvalue weighted by molar-refractivity contribution is -0.127. The topological polar surface area (TPSA) is 103 Å². The summed E-state index contributed by atoms with van der Waals surface area (Å²) in [5.74, 6) is -0.477. The van der Waals surface area contributed by atoms with Gasteiger partial charge in [0.15, 0.2) is 5.78 Å². The smallest absolute Gasteiger partial charge is 0.246 e. The van der Waals surface area contributed by atoms with Gasteiger partial charge in [-0.15, -0.1) is 0 Å². The molecule has 0 saturated heterocycles. The van der Waals surface area contributed by atoms with Crippen LogP contribution in [0.15, 0.2) is 0 Å². The maximum Gasteiger partial charge on any atom is 0.246 e. The van der Waals surface area contributed by atoms with Crippen molar-refractivity contribution in [3.05, 3.63) is 0 Å². The summed E-state index contributed by atoms with van der Waals surface area (Å²) in [6.07, 6.45) is 0.310. The number of carbonyl (C=O) groups is 3. The summed E-state index contributed by atoms with van der Waals surface area (Å²) >= 11 is 0. The number of carbonyl (C=O) groups excluding carboxylic acids is 3. The number of rotatable bonds is 15. The van der Waals surface area contributed by atoms with E-state index < -0.39 is 0 Å². The van der Waals surface area contributed by atoms with E-state index in [2.05, 4.69) is 10.6 Å². The Bertz CT molecular complexity index is 399. The standard InChI is InChI=1S/C17H32N2O6/c1-13(2)15(20)11-23-8-7-19-16(21)5-6-18-17(22)12-24-9-10-25-14(3)4/h13-14H,5-12H2,1-4H3,(H,18,22)(H,19,21). The molecule has 2 amide bonds. The fourth-order valence-corrected chi connectivity index (χ4v) is 1.56. The molecular weight excluding hydrogens is 328 g/mol. The first kappa shape index (κ1) is 23.5. The predicted octanol–water partition coefficient (Wildman–Crippen LogP) is 0.292. The van der Waals surface area contributed by atoms with E-state index in [0.717, 1.165) is 0 Å². The van der Waals surface area contributed by atoms with Crippen LogP contribution >= 0.6 is 0 Å². The molecule has 0 bridgehead atoms. The summed E-state index contributed by atoms with van der Waals surface area (Å²) in [5, 5.41) is 5.26. The van der Waals surface area contributed by atoms with E-state index in [4.69, 9.17) is 14.2 Å². The van der Waals surface area contributed by atoms with Crippen LogP contribution in [0.4, 0.5) is 0 Å². The Morgan fingerprint density at radius 3 is 2.08 bits per heavy atom. The molecule has 0 rings (SSSR count). The number of ketones is 1. The van der Waals surface area contributed by atoms with E-state index in [1.54, 1.807) is 0 Å². The molecule has 0 atom stereocenters. The highest BCUT2D eigenvalue weighted by Crippen LogP contribution is 1.94. The Morgan fingerprint density at radius 1 is 0.800 bits per heavy atom. The largest absolute Gasteiger partial charge is 0.376 e. The molecule has 0 aliphatic carbocycles. The zero-order valence-electron chi connectivity index (χ0n) is 15.8. The van der Waals surface area contributed by atoms with Crippen molar-refractivity contribution in [3.63, 3.8) is 0 Å². The van der Waals surface area contributed by atoms with Gasteiger partial charge in [-0.2, -0.15) is 0 Å². The van der Waals surface area contributed by atoms with Crippen molar-refractivity contribution in [1.82, 2.24) is 10.6 Å². The first-order valence-electron chi connectivity index (χ1n) is 8.66. The van der Waals surface area contributed by atoms with Crippen molar-refractivity contribution in [2.75, 3.05) is 46.1 Å². The van der Waals surface area contributed by atoms with Crippen molar-refractivity contribution < 1.29 is 28.6 Å². The van der Waals surface area contributed by atoms with Crippen LogP contribution < -0.4 is 10.6 Å². The van der Waals surface area contributed by atoms with Crippen LogP contribution in [0.5, 0.6) is 0 Å². The molecule has 0 fully saturated rings. The molecule has 146 valence electrons. The minimum atomic E-state index is -0.270. The average molecular weight is 360 g/mol. The van der Waals surface area contributed by atoms with Crippen LogP contribution in [0.25, 0.3) is 0 Å². The van der Waals surface area contributed by atoms with Gasteiger partial charge in [0.1, 0.15) is 13.2 Å². The number of hydrogen-bond acceptors (Lipinski definition) is 6. The molecule has 0 heterocycles. The van der Waals surface area contributed by atoms with Gasteiger partial charge in [-0.3, -0.25) is 14.4 Å². The molecule has 0 aromatic rings. The normalized spacial score (nSPS) is 11.0. The summed E-state index contributed by atoms with van der Waals surface area (Å²) in [5.41, 5.74) is 0. The number of Topliss-reactive ketones (excluding diaryl/α,β-unsaturated/α-hetero) is 1. The Balaban J connectivity index is 3.48. The van der Waals surface area contributed by atoms with Gasteiger partial charge < -0.3 is 24.8 Å². The highest BCUT2D eigenvalue weighted by Gasteiger charge is 2.07. The Kier molecular flexibility index (Phi) is 13.9. The lowest BCUT2D eigenvalue weighted by Gasteiger charge is -2.09. The van der Waals surface area contributed by atoms with Crippen LogP contribution in [0.2, 0.25) is 0 Å². The number of hydrogen-bond donors (Lipinski definition) is 2. The molecule has 0 radical (unpaired) electrons. The second-order valence-corrected chi connectivity index (χ2v) is 6.10. The summed E-state index contributed by atoms with van der Waals surface area (Å²) in [6, 6.07) is 0. The van der Waals surface area contributed by atoms with Crippen LogP contribution in [-0.4, -0.2) is 69.8 Å². The van der Waals surface area contributed by atoms with Gasteiger partial charge in [0.2, 0.25) is 11.8 Å². The van der Waals surface area contributed by atoms with Gasteiger partial charge in [0.05, 0.1) is 25.9 Å². The first-order chi connectivity index (χ1) is 11.8. The molecule has 25 heavy (non-hydrogen) atoms. The zero-order valence-corrected chi connectivity index (χ0v) is 15.8. The quantitative estimate of drug-likeness (QED) is 0.407. The maximum atomic E-state index is 11.6. The van der Waals surface area contributed by atoms with E-state index in [0.29, 0.717) is 19.8 Å². The summed E-state index contributed by atoms with van der Waals surface area (Å²) in [6.45, 7) is 9.13. The van der Waals surface area contributed by atoms with Gasteiger partial charge in [-0.05, 0) is 13.8 Å². The highest BCUT2D eigenvalue weighted by atomic mass is 16.5. The molecule has 0 aliphatic rings. The molecule has 0 spiro atoms. The summed E-state index contributed by atoms with van der Waals surface area (Å²) < 4.78 is 15.6. The van der Waals surface area contributed by atoms with Gasteiger partial charge >= 0.3 is 0 Å². The minimum Gasteiger partial charge on any atom is -0.376 e. The van der Waals surface area contributed by atoms with E-state index >= 15 is 0 Å². The van der Waals surface area contributed by atoms with Crippen molar-refractivity contribution in [1.29, 1.82) is 0 Å². The van der Waals surface area contributed by atoms with Crippen molar-refractivity contribution in [2.24, 2.45) is 5.92 Å². The maximum absolute atomic E-state index is 11.6. The van der Waals surface area contributed by atoms with Gasteiger partial charge in [0, 0.05) is 25.4 Å². The van der Waals surface area contributed by atoms with Crippen LogP contribution in [-0.2, 0) is 28.6 Å². The molecule has 8 nitrogen and oxygen atoms in total. The fraction of sp³-hybridized carbons (Fsp3) is 0.824. The highest BCUT2D eigenvalue weighted by molar-refractivity contribution is 5.81. The predicted molar refractivity (Wildman–Crippen MR) is 93.2 cm³/mol. The number of nitrogens with one attached hydrogen (secondary N) is 2. The minimum absolute atomic E-state index is 0.0343. The third-order valence-electron chi connectivity index (χ3n) is 3.04. The Hall–Kier alpha value is -1.51. The molecule has 0 unspecified atom stereocenters. The Labute approximate surface area is 150 Å². The third-order valence-corrected chi connectivity index (χ3v) is 3.04. The summed E-state index contributed by atoms with van der Waals surface area (Å²) in [7, 11) is 0. The van der Waals surface area contributed by atoms with E-state index in [9.17, 15) is 14.4 Å². The number of ether oxygens (including phenoxy) is 3. The molecule has 0 aliphatic heterocycles. The van der Waals surface area contributed by atoms with Crippen LogP contribution in [0.1, 0.15) is 34.1 Å². The van der Waals surface area contributed by atoms with E-state index in [1.165, 1.54) is 0 Å². The van der Waals surface area contributed by atoms with Gasteiger partial charge in [-0.25, -0.2) is 0 Å². The fourth-order valence-electron chi connectivity index (χ4n) is 1.56. The van der Waals surface area contributed by atoms with Crippen molar-refractivity contribution in [2.45, 2.75) is 40.2 Å². The van der Waals surface area contributed by atoms with Crippen LogP contribution in [0, 0.1) is 5.92 Å². The lowest BCUT2D eigenvalue weighted by Crippen LogP contribution is -2.34. The van der Waals surface area contributed by atoms with Crippen molar-refractivity contribution in [3.8, 4) is 0 Å². The average Bonchev–Trinajstić information content (AvgIpc) is 2.53. The zero-order chi connectivity index (χ0) is 19.1. The van der Waals surface area contributed by atoms with Gasteiger partial charge in [-0.1, -0.05) is 13.8 Å². The van der Waals surface area contributed by atoms with Crippen molar-refractivity contribution >= 4 is 17.6 Å². The summed E-state index contributed by atoms with van der Waals surface area (Å²) in [4.78, 5) is 34.4. The van der Waals surface area contributed by atoms with E-state index in [1.807, 2.05) is 27.7 Å². The molecule has 0 aromatic carbocycles. The molecule has 8 heteroatoms. The van der Waals surface area contributed by atoms with E-state index in [-0.39, 0.29) is 62.4 Å². The monoisotopic (exact) mass is 360 g/mol. The molecule has 2 N–H and O–H groups in total. The first-order valence-corrected chi connectivity index (χ1v) is 8.66. The number of amides is 2. The molecular formula is C17H32N2O6. The van der Waals surface area contributed by atoms with Gasteiger partial charge in [0.25, 0.3) is 0 Å². The molecule has 0 saturated carbocycles. The second-order valence-electron chi connectivity index (χ2n) is 6.10.